The highest BCUT2D eigenvalue weighted by Crippen LogP contribution is 2.28. The number of halogens is 1. The van der Waals surface area contributed by atoms with Crippen molar-refractivity contribution in [3.8, 4) is 0 Å². The lowest BCUT2D eigenvalue weighted by atomic mass is 10.0. The van der Waals surface area contributed by atoms with E-state index in [-0.39, 0.29) is 18.0 Å². The number of β-amino-alcohol motifs (C(OH)–C–C–N with tert-alkyl or cyclic N) is 1. The Balaban J connectivity index is 2.30. The molecular formula is C11H14FNO3S. The first-order valence-corrected chi connectivity index (χ1v) is 6.65. The molecule has 17 heavy (non-hydrogen) atoms. The minimum absolute atomic E-state index is 0.0465. The molecule has 1 N–H and O–H groups in total. The van der Waals surface area contributed by atoms with Crippen LogP contribution in [0.3, 0.4) is 0 Å². The van der Waals surface area contributed by atoms with Gasteiger partial charge in [-0.2, -0.15) is 4.31 Å². The van der Waals surface area contributed by atoms with Gasteiger partial charge in [0, 0.05) is 13.1 Å². The predicted octanol–water partition coefficient (Wildman–Crippen LogP) is 0.889. The molecule has 1 fully saturated rings. The van der Waals surface area contributed by atoms with Crippen LogP contribution in [0, 0.1) is 12.7 Å². The van der Waals surface area contributed by atoms with E-state index in [1.54, 1.807) is 13.8 Å². The van der Waals surface area contributed by atoms with Gasteiger partial charge >= 0.3 is 0 Å². The van der Waals surface area contributed by atoms with Crippen LogP contribution in [0.5, 0.6) is 0 Å². The Morgan fingerprint density at radius 3 is 2.47 bits per heavy atom. The molecule has 1 heterocycles. The second-order valence-corrected chi connectivity index (χ2v) is 6.62. The summed E-state index contributed by atoms with van der Waals surface area (Å²) in [5.74, 6) is -0.543. The third kappa shape index (κ3) is 2.20. The molecule has 2 rings (SSSR count). The number of hydrogen-bond donors (Lipinski definition) is 1. The third-order valence-corrected chi connectivity index (χ3v) is 4.60. The summed E-state index contributed by atoms with van der Waals surface area (Å²) < 4.78 is 38.5. The van der Waals surface area contributed by atoms with Crippen LogP contribution in [0.2, 0.25) is 0 Å². The lowest BCUT2D eigenvalue weighted by molar-refractivity contribution is -0.0426. The maximum Gasteiger partial charge on any atom is 0.243 e. The second-order valence-electron chi connectivity index (χ2n) is 4.68. The first-order valence-electron chi connectivity index (χ1n) is 5.21. The van der Waals surface area contributed by atoms with Crippen LogP contribution in [0.4, 0.5) is 4.39 Å². The molecule has 0 amide bonds. The topological polar surface area (TPSA) is 57.6 Å². The summed E-state index contributed by atoms with van der Waals surface area (Å²) >= 11 is 0. The number of rotatable bonds is 2. The lowest BCUT2D eigenvalue weighted by Gasteiger charge is -2.42. The van der Waals surface area contributed by atoms with Gasteiger partial charge in [0.05, 0.1) is 10.5 Å². The molecule has 4 nitrogen and oxygen atoms in total. The fourth-order valence-electron chi connectivity index (χ4n) is 1.77. The van der Waals surface area contributed by atoms with E-state index in [2.05, 4.69) is 0 Å². The SMILES string of the molecule is Cc1ccc(S(=O)(=O)N2CC(C)(O)C2)cc1F. The van der Waals surface area contributed by atoms with Crippen molar-refractivity contribution in [2.24, 2.45) is 0 Å². The number of sulfonamides is 1. The van der Waals surface area contributed by atoms with Crippen molar-refractivity contribution in [1.82, 2.24) is 4.31 Å². The van der Waals surface area contributed by atoms with Gasteiger partial charge in [0.2, 0.25) is 10.0 Å². The summed E-state index contributed by atoms with van der Waals surface area (Å²) in [5.41, 5.74) is -0.574. The molecule has 0 aliphatic carbocycles. The van der Waals surface area contributed by atoms with Crippen LogP contribution in [0.25, 0.3) is 0 Å². The molecule has 1 aliphatic heterocycles. The molecular weight excluding hydrogens is 245 g/mol. The van der Waals surface area contributed by atoms with E-state index in [1.807, 2.05) is 0 Å². The Hall–Kier alpha value is -0.980. The van der Waals surface area contributed by atoms with E-state index >= 15 is 0 Å². The number of aryl methyl sites for hydroxylation is 1. The van der Waals surface area contributed by atoms with Gasteiger partial charge in [0.25, 0.3) is 0 Å². The van der Waals surface area contributed by atoms with E-state index in [1.165, 1.54) is 12.1 Å². The molecule has 0 radical (unpaired) electrons. The molecule has 0 atom stereocenters. The fourth-order valence-corrected chi connectivity index (χ4v) is 3.45. The number of nitrogens with zero attached hydrogens (tertiary/aromatic N) is 1. The number of hydrogen-bond acceptors (Lipinski definition) is 3. The van der Waals surface area contributed by atoms with Gasteiger partial charge in [-0.25, -0.2) is 12.8 Å². The monoisotopic (exact) mass is 259 g/mol. The first kappa shape index (κ1) is 12.5. The molecule has 0 bridgehead atoms. The molecule has 1 aromatic rings. The van der Waals surface area contributed by atoms with E-state index in [0.29, 0.717) is 5.56 Å². The molecule has 0 unspecified atom stereocenters. The number of benzene rings is 1. The van der Waals surface area contributed by atoms with Crippen LogP contribution < -0.4 is 0 Å². The number of aliphatic hydroxyl groups is 1. The van der Waals surface area contributed by atoms with Gasteiger partial charge in [0.1, 0.15) is 5.82 Å². The quantitative estimate of drug-likeness (QED) is 0.858. The van der Waals surface area contributed by atoms with Crippen molar-refractivity contribution >= 4 is 10.0 Å². The third-order valence-electron chi connectivity index (χ3n) is 2.82. The summed E-state index contributed by atoms with van der Waals surface area (Å²) in [6.07, 6.45) is 0. The Bertz CT molecular complexity index is 546. The zero-order valence-electron chi connectivity index (χ0n) is 9.64. The van der Waals surface area contributed by atoms with Crippen LogP contribution >= 0.6 is 0 Å². The largest absolute Gasteiger partial charge is 0.387 e. The van der Waals surface area contributed by atoms with E-state index in [4.69, 9.17) is 0 Å². The highest BCUT2D eigenvalue weighted by Gasteiger charge is 2.43. The van der Waals surface area contributed by atoms with Gasteiger partial charge in [-0.3, -0.25) is 0 Å². The van der Waals surface area contributed by atoms with Crippen molar-refractivity contribution in [3.05, 3.63) is 29.6 Å². The van der Waals surface area contributed by atoms with Gasteiger partial charge in [0.15, 0.2) is 0 Å². The maximum absolute atomic E-state index is 13.3. The van der Waals surface area contributed by atoms with E-state index in [0.717, 1.165) is 10.4 Å². The summed E-state index contributed by atoms with van der Waals surface area (Å²) in [5, 5.41) is 9.51. The Morgan fingerprint density at radius 2 is 2.00 bits per heavy atom. The summed E-state index contributed by atoms with van der Waals surface area (Å²) in [4.78, 5) is -0.0731. The molecule has 0 aromatic heterocycles. The normalized spacial score (nSPS) is 20.0. The summed E-state index contributed by atoms with van der Waals surface area (Å²) in [7, 11) is -3.68. The van der Waals surface area contributed by atoms with Gasteiger partial charge < -0.3 is 5.11 Å². The standard InChI is InChI=1S/C11H14FNO3S/c1-8-3-4-9(5-10(8)12)17(15,16)13-6-11(2,14)7-13/h3-5,14H,6-7H2,1-2H3. The maximum atomic E-state index is 13.3. The average molecular weight is 259 g/mol. The van der Waals surface area contributed by atoms with Crippen molar-refractivity contribution < 1.29 is 17.9 Å². The van der Waals surface area contributed by atoms with Crippen molar-refractivity contribution in [1.29, 1.82) is 0 Å². The van der Waals surface area contributed by atoms with Crippen LogP contribution in [-0.4, -0.2) is 36.5 Å². The molecule has 94 valence electrons. The van der Waals surface area contributed by atoms with Gasteiger partial charge in [-0.1, -0.05) is 6.07 Å². The van der Waals surface area contributed by atoms with Crippen LogP contribution in [0.1, 0.15) is 12.5 Å². The zero-order valence-corrected chi connectivity index (χ0v) is 10.5. The smallest absolute Gasteiger partial charge is 0.243 e. The van der Waals surface area contributed by atoms with E-state index < -0.39 is 21.4 Å². The Labute approximate surface area is 99.7 Å². The highest BCUT2D eigenvalue weighted by atomic mass is 32.2. The average Bonchev–Trinajstić information content (AvgIpc) is 2.18. The molecule has 1 aliphatic rings. The molecule has 0 saturated carbocycles. The fraction of sp³-hybridized carbons (Fsp3) is 0.455. The van der Waals surface area contributed by atoms with Crippen molar-refractivity contribution in [2.45, 2.75) is 24.3 Å². The minimum atomic E-state index is -3.68. The van der Waals surface area contributed by atoms with Gasteiger partial charge in [-0.15, -0.1) is 0 Å². The Kier molecular flexibility index (Phi) is 2.76. The van der Waals surface area contributed by atoms with Crippen molar-refractivity contribution in [3.63, 3.8) is 0 Å². The summed E-state index contributed by atoms with van der Waals surface area (Å²) in [6, 6.07) is 3.82. The zero-order chi connectivity index (χ0) is 12.8. The summed E-state index contributed by atoms with van der Waals surface area (Å²) in [6.45, 7) is 3.23. The minimum Gasteiger partial charge on any atom is -0.387 e. The highest BCUT2D eigenvalue weighted by molar-refractivity contribution is 7.89. The van der Waals surface area contributed by atoms with Crippen molar-refractivity contribution in [2.75, 3.05) is 13.1 Å². The predicted molar refractivity (Wildman–Crippen MR) is 60.5 cm³/mol. The second kappa shape index (κ2) is 3.76. The van der Waals surface area contributed by atoms with Crippen LogP contribution in [-0.2, 0) is 10.0 Å². The molecule has 6 heteroatoms. The first-order chi connectivity index (χ1) is 7.72. The lowest BCUT2D eigenvalue weighted by Crippen LogP contribution is -2.61. The Morgan fingerprint density at radius 1 is 1.41 bits per heavy atom. The van der Waals surface area contributed by atoms with Gasteiger partial charge in [-0.05, 0) is 31.5 Å². The van der Waals surface area contributed by atoms with Crippen LogP contribution in [0.15, 0.2) is 23.1 Å². The van der Waals surface area contributed by atoms with E-state index in [9.17, 15) is 17.9 Å². The molecule has 0 spiro atoms. The molecule has 1 aromatic carbocycles. The molecule has 1 saturated heterocycles.